The Balaban J connectivity index is 2.77. The van der Waals surface area contributed by atoms with Gasteiger partial charge in [0.05, 0.1) is 19.2 Å². The van der Waals surface area contributed by atoms with E-state index in [1.807, 2.05) is 19.9 Å². The predicted molar refractivity (Wildman–Crippen MR) is 78.8 cm³/mol. The van der Waals surface area contributed by atoms with Crippen LogP contribution in [0.25, 0.3) is 10.9 Å². The van der Waals surface area contributed by atoms with Crippen molar-refractivity contribution in [2.45, 2.75) is 13.8 Å². The number of pyridine rings is 1. The van der Waals surface area contributed by atoms with Gasteiger partial charge < -0.3 is 14.8 Å². The van der Waals surface area contributed by atoms with Gasteiger partial charge in [0.2, 0.25) is 0 Å². The van der Waals surface area contributed by atoms with Crippen LogP contribution in [0.1, 0.15) is 12.5 Å². The SMILES string of the molecule is CCNc1nc2c(OC)cc(OC)c(Cl)c2cc1C. The number of aryl methyl sites for hydroxylation is 1. The highest BCUT2D eigenvalue weighted by Crippen LogP contribution is 2.39. The Morgan fingerprint density at radius 2 is 1.89 bits per heavy atom. The number of ether oxygens (including phenoxy) is 2. The molecule has 0 fully saturated rings. The Hall–Kier alpha value is -1.68. The molecule has 0 radical (unpaired) electrons. The van der Waals surface area contributed by atoms with E-state index in [-0.39, 0.29) is 0 Å². The van der Waals surface area contributed by atoms with Crippen molar-refractivity contribution in [1.82, 2.24) is 4.98 Å². The first kappa shape index (κ1) is 13.7. The molecule has 1 aromatic carbocycles. The summed E-state index contributed by atoms with van der Waals surface area (Å²) in [5, 5.41) is 4.61. The van der Waals surface area contributed by atoms with Crippen LogP contribution in [0, 0.1) is 6.92 Å². The number of aromatic nitrogens is 1. The monoisotopic (exact) mass is 280 g/mol. The van der Waals surface area contributed by atoms with E-state index in [0.717, 1.165) is 28.8 Å². The van der Waals surface area contributed by atoms with Gasteiger partial charge in [-0.15, -0.1) is 0 Å². The molecule has 0 aliphatic heterocycles. The Bertz CT molecular complexity index is 614. The van der Waals surface area contributed by atoms with Crippen molar-refractivity contribution in [3.63, 3.8) is 0 Å². The lowest BCUT2D eigenvalue weighted by Crippen LogP contribution is -2.02. The van der Waals surface area contributed by atoms with Crippen LogP contribution in [-0.4, -0.2) is 25.7 Å². The number of fused-ring (bicyclic) bond motifs is 1. The van der Waals surface area contributed by atoms with Gasteiger partial charge in [0.1, 0.15) is 22.8 Å². The molecule has 0 saturated heterocycles. The number of benzene rings is 1. The minimum atomic E-state index is 0.553. The smallest absolute Gasteiger partial charge is 0.148 e. The Morgan fingerprint density at radius 3 is 2.47 bits per heavy atom. The highest BCUT2D eigenvalue weighted by Gasteiger charge is 2.15. The number of halogens is 1. The standard InChI is InChI=1S/C14H17ClN2O2/c1-5-16-14-8(2)6-9-12(15)10(18-3)7-11(19-4)13(9)17-14/h6-7H,5H2,1-4H3,(H,16,17). The lowest BCUT2D eigenvalue weighted by molar-refractivity contribution is 0.397. The van der Waals surface area contributed by atoms with E-state index in [0.29, 0.717) is 16.5 Å². The van der Waals surface area contributed by atoms with Gasteiger partial charge in [-0.25, -0.2) is 4.98 Å². The third-order valence-electron chi connectivity index (χ3n) is 2.95. The molecule has 0 aliphatic rings. The van der Waals surface area contributed by atoms with Crippen LogP contribution in [0.2, 0.25) is 5.02 Å². The molecule has 0 spiro atoms. The van der Waals surface area contributed by atoms with Gasteiger partial charge in [-0.1, -0.05) is 11.6 Å². The third-order valence-corrected chi connectivity index (χ3v) is 3.34. The fraction of sp³-hybridized carbons (Fsp3) is 0.357. The number of hydrogen-bond donors (Lipinski definition) is 1. The van der Waals surface area contributed by atoms with Crippen LogP contribution in [0.5, 0.6) is 11.5 Å². The number of rotatable bonds is 4. The van der Waals surface area contributed by atoms with Gasteiger partial charge in [-0.05, 0) is 25.5 Å². The number of methoxy groups -OCH3 is 2. The largest absolute Gasteiger partial charge is 0.495 e. The number of anilines is 1. The maximum absolute atomic E-state index is 6.33. The molecule has 1 heterocycles. The van der Waals surface area contributed by atoms with E-state index in [1.165, 1.54) is 0 Å². The van der Waals surface area contributed by atoms with Gasteiger partial charge in [-0.2, -0.15) is 0 Å². The molecule has 1 N–H and O–H groups in total. The zero-order valence-electron chi connectivity index (χ0n) is 11.5. The summed E-state index contributed by atoms with van der Waals surface area (Å²) < 4.78 is 10.6. The minimum absolute atomic E-state index is 0.553. The van der Waals surface area contributed by atoms with Crippen molar-refractivity contribution in [2.24, 2.45) is 0 Å². The summed E-state index contributed by atoms with van der Waals surface area (Å²) in [6.07, 6.45) is 0. The first-order chi connectivity index (χ1) is 9.12. The zero-order valence-corrected chi connectivity index (χ0v) is 12.3. The van der Waals surface area contributed by atoms with Crippen LogP contribution in [0.3, 0.4) is 0 Å². The van der Waals surface area contributed by atoms with E-state index in [2.05, 4.69) is 10.3 Å². The van der Waals surface area contributed by atoms with E-state index < -0.39 is 0 Å². The van der Waals surface area contributed by atoms with E-state index >= 15 is 0 Å². The average molecular weight is 281 g/mol. The summed E-state index contributed by atoms with van der Waals surface area (Å²) >= 11 is 6.33. The molecular weight excluding hydrogens is 264 g/mol. The van der Waals surface area contributed by atoms with E-state index in [4.69, 9.17) is 21.1 Å². The second-order valence-electron chi connectivity index (χ2n) is 4.18. The van der Waals surface area contributed by atoms with Crippen LogP contribution in [0.4, 0.5) is 5.82 Å². The summed E-state index contributed by atoms with van der Waals surface area (Å²) in [4.78, 5) is 4.60. The highest BCUT2D eigenvalue weighted by atomic mass is 35.5. The Kier molecular flexibility index (Phi) is 4.00. The number of nitrogens with one attached hydrogen (secondary N) is 1. The molecule has 0 saturated carbocycles. The quantitative estimate of drug-likeness (QED) is 0.928. The maximum atomic E-state index is 6.33. The average Bonchev–Trinajstić information content (AvgIpc) is 2.41. The lowest BCUT2D eigenvalue weighted by Gasteiger charge is -2.14. The molecule has 102 valence electrons. The van der Waals surface area contributed by atoms with Gasteiger partial charge >= 0.3 is 0 Å². The zero-order chi connectivity index (χ0) is 14.0. The van der Waals surface area contributed by atoms with E-state index in [9.17, 15) is 0 Å². The molecule has 19 heavy (non-hydrogen) atoms. The van der Waals surface area contributed by atoms with Gasteiger partial charge in [-0.3, -0.25) is 0 Å². The molecule has 2 aromatic rings. The minimum Gasteiger partial charge on any atom is -0.495 e. The molecule has 2 rings (SSSR count). The van der Waals surface area contributed by atoms with Crippen molar-refractivity contribution in [3.8, 4) is 11.5 Å². The summed E-state index contributed by atoms with van der Waals surface area (Å²) in [6.45, 7) is 4.84. The third kappa shape index (κ3) is 2.40. The predicted octanol–water partition coefficient (Wildman–Crippen LogP) is 3.65. The molecular formula is C14H17ClN2O2. The summed E-state index contributed by atoms with van der Waals surface area (Å²) in [7, 11) is 3.19. The molecule has 0 unspecified atom stereocenters. The lowest BCUT2D eigenvalue weighted by atomic mass is 10.1. The first-order valence-corrected chi connectivity index (χ1v) is 6.45. The van der Waals surface area contributed by atoms with Gasteiger partial charge in [0.25, 0.3) is 0 Å². The highest BCUT2D eigenvalue weighted by molar-refractivity contribution is 6.37. The molecule has 0 atom stereocenters. The Labute approximate surface area is 117 Å². The van der Waals surface area contributed by atoms with Gasteiger partial charge in [0.15, 0.2) is 0 Å². The van der Waals surface area contributed by atoms with Crippen LogP contribution < -0.4 is 14.8 Å². The number of hydrogen-bond acceptors (Lipinski definition) is 4. The Morgan fingerprint density at radius 1 is 1.21 bits per heavy atom. The van der Waals surface area contributed by atoms with Crippen molar-refractivity contribution in [1.29, 1.82) is 0 Å². The van der Waals surface area contributed by atoms with Crippen LogP contribution in [0.15, 0.2) is 12.1 Å². The topological polar surface area (TPSA) is 43.4 Å². The van der Waals surface area contributed by atoms with Crippen LogP contribution >= 0.6 is 11.6 Å². The van der Waals surface area contributed by atoms with E-state index in [1.54, 1.807) is 20.3 Å². The summed E-state index contributed by atoms with van der Waals surface area (Å²) in [6, 6.07) is 3.75. The number of nitrogens with zero attached hydrogens (tertiary/aromatic N) is 1. The molecule has 0 bridgehead atoms. The first-order valence-electron chi connectivity index (χ1n) is 6.08. The van der Waals surface area contributed by atoms with Crippen molar-refractivity contribution < 1.29 is 9.47 Å². The fourth-order valence-corrected chi connectivity index (χ4v) is 2.28. The molecule has 0 amide bonds. The summed E-state index contributed by atoms with van der Waals surface area (Å²) in [5.41, 5.74) is 1.77. The van der Waals surface area contributed by atoms with Crippen molar-refractivity contribution >= 4 is 28.3 Å². The normalized spacial score (nSPS) is 10.6. The second-order valence-corrected chi connectivity index (χ2v) is 4.55. The van der Waals surface area contributed by atoms with Crippen molar-refractivity contribution in [2.75, 3.05) is 26.1 Å². The molecule has 5 heteroatoms. The van der Waals surface area contributed by atoms with Crippen LogP contribution in [-0.2, 0) is 0 Å². The maximum Gasteiger partial charge on any atom is 0.148 e. The van der Waals surface area contributed by atoms with Crippen molar-refractivity contribution in [3.05, 3.63) is 22.7 Å². The fourth-order valence-electron chi connectivity index (χ4n) is 2.00. The molecule has 4 nitrogen and oxygen atoms in total. The second kappa shape index (κ2) is 5.53. The summed E-state index contributed by atoms with van der Waals surface area (Å²) in [5.74, 6) is 2.08. The molecule has 0 aliphatic carbocycles. The van der Waals surface area contributed by atoms with Gasteiger partial charge in [0, 0.05) is 18.0 Å². The molecule has 1 aromatic heterocycles.